The lowest BCUT2D eigenvalue weighted by molar-refractivity contribution is 0.0122. The molecular formula is C19H22F2N2O2. The van der Waals surface area contributed by atoms with Gasteiger partial charge in [0, 0.05) is 17.5 Å². The van der Waals surface area contributed by atoms with Crippen LogP contribution in [0, 0.1) is 11.6 Å². The van der Waals surface area contributed by atoms with Crippen LogP contribution in [0.15, 0.2) is 22.7 Å². The lowest BCUT2D eigenvalue weighted by Gasteiger charge is -2.28. The van der Waals surface area contributed by atoms with Crippen LogP contribution in [0.5, 0.6) is 0 Å². The number of rotatable bonds is 5. The molecule has 2 aliphatic rings. The summed E-state index contributed by atoms with van der Waals surface area (Å²) < 4.78 is 40.0. The van der Waals surface area contributed by atoms with Gasteiger partial charge in [0.1, 0.15) is 23.1 Å². The van der Waals surface area contributed by atoms with Crippen molar-refractivity contribution in [2.75, 3.05) is 6.54 Å². The molecule has 1 aliphatic heterocycles. The summed E-state index contributed by atoms with van der Waals surface area (Å²) in [4.78, 5) is 0. The highest BCUT2D eigenvalue weighted by Crippen LogP contribution is 2.44. The van der Waals surface area contributed by atoms with E-state index in [1.165, 1.54) is 18.2 Å². The van der Waals surface area contributed by atoms with Gasteiger partial charge in [0.15, 0.2) is 0 Å². The Morgan fingerprint density at radius 1 is 1.24 bits per heavy atom. The van der Waals surface area contributed by atoms with Crippen LogP contribution in [0.3, 0.4) is 0 Å². The zero-order valence-electron chi connectivity index (χ0n) is 14.2. The zero-order valence-corrected chi connectivity index (χ0v) is 14.2. The summed E-state index contributed by atoms with van der Waals surface area (Å²) in [5, 5.41) is 7.39. The van der Waals surface area contributed by atoms with Gasteiger partial charge in [-0.2, -0.15) is 0 Å². The largest absolute Gasteiger partial charge is 0.373 e. The Morgan fingerprint density at radius 3 is 2.68 bits per heavy atom. The minimum atomic E-state index is -0.632. The first-order valence-corrected chi connectivity index (χ1v) is 8.91. The number of hydrogen-bond donors (Lipinski definition) is 1. The van der Waals surface area contributed by atoms with E-state index in [4.69, 9.17) is 9.26 Å². The number of nitrogens with zero attached hydrogens (tertiary/aromatic N) is 1. The van der Waals surface area contributed by atoms with E-state index in [2.05, 4.69) is 17.4 Å². The molecule has 4 nitrogen and oxygen atoms in total. The van der Waals surface area contributed by atoms with Crippen molar-refractivity contribution in [1.29, 1.82) is 0 Å². The number of nitrogens with one attached hydrogen (secondary N) is 1. The van der Waals surface area contributed by atoms with E-state index >= 15 is 0 Å². The molecule has 6 heteroatoms. The van der Waals surface area contributed by atoms with E-state index in [-0.39, 0.29) is 24.0 Å². The van der Waals surface area contributed by atoms with Crippen LogP contribution >= 0.6 is 0 Å². The molecule has 2 heterocycles. The second kappa shape index (κ2) is 6.84. The predicted octanol–water partition coefficient (Wildman–Crippen LogP) is 4.15. The molecule has 1 aromatic heterocycles. The Labute approximate surface area is 145 Å². The third-order valence-corrected chi connectivity index (χ3v) is 5.01. The normalized spacial score (nSPS) is 23.8. The van der Waals surface area contributed by atoms with E-state index < -0.39 is 11.6 Å². The number of halogens is 2. The summed E-state index contributed by atoms with van der Waals surface area (Å²) in [5.41, 5.74) is 0.799. The Bertz CT molecular complexity index is 738. The van der Waals surface area contributed by atoms with Crippen LogP contribution in [0.4, 0.5) is 8.78 Å². The first kappa shape index (κ1) is 16.7. The molecule has 1 saturated carbocycles. The minimum absolute atomic E-state index is 0.129. The molecule has 0 spiro atoms. The summed E-state index contributed by atoms with van der Waals surface area (Å²) in [6, 6.07) is 4.24. The van der Waals surface area contributed by atoms with E-state index in [0.717, 1.165) is 38.0 Å². The number of aromatic nitrogens is 1. The van der Waals surface area contributed by atoms with Gasteiger partial charge in [-0.25, -0.2) is 8.78 Å². The van der Waals surface area contributed by atoms with Crippen LogP contribution in [0.1, 0.15) is 49.8 Å². The molecule has 0 radical (unpaired) electrons. The fourth-order valence-electron chi connectivity index (χ4n) is 3.49. The molecule has 0 unspecified atom stereocenters. The summed E-state index contributed by atoms with van der Waals surface area (Å²) in [7, 11) is 0. The van der Waals surface area contributed by atoms with E-state index in [1.807, 2.05) is 0 Å². The number of ether oxygens (including phenoxy) is 1. The standard InChI is InChI=1S/C19H22F2N2O2/c1-11-9-13(7-8-22-11)24-10-14-18(23-25-19(14)12-5-6-12)17-15(20)3-2-4-16(17)21/h2-4,11-13,22H,5-10H2,1H3/t11-,13-/m1/s1. The van der Waals surface area contributed by atoms with Gasteiger partial charge in [-0.3, -0.25) is 0 Å². The van der Waals surface area contributed by atoms with Gasteiger partial charge >= 0.3 is 0 Å². The first-order valence-electron chi connectivity index (χ1n) is 8.91. The predicted molar refractivity (Wildman–Crippen MR) is 89.1 cm³/mol. The van der Waals surface area contributed by atoms with E-state index in [0.29, 0.717) is 17.5 Å². The van der Waals surface area contributed by atoms with Gasteiger partial charge in [0.25, 0.3) is 0 Å². The van der Waals surface area contributed by atoms with Crippen molar-refractivity contribution < 1.29 is 18.0 Å². The molecule has 1 aromatic carbocycles. The van der Waals surface area contributed by atoms with Crippen molar-refractivity contribution in [3.05, 3.63) is 41.2 Å². The SMILES string of the molecule is C[C@@H]1C[C@H](OCc2c(-c3c(F)cccc3F)noc2C2CC2)CCN1. The summed E-state index contributed by atoms with van der Waals surface area (Å²) in [6.45, 7) is 3.32. The quantitative estimate of drug-likeness (QED) is 0.882. The molecule has 1 aliphatic carbocycles. The number of piperidine rings is 1. The molecule has 134 valence electrons. The number of hydrogen-bond acceptors (Lipinski definition) is 4. The lowest BCUT2D eigenvalue weighted by atomic mass is 10.0. The summed E-state index contributed by atoms with van der Waals surface area (Å²) in [5.74, 6) is -0.249. The molecule has 1 N–H and O–H groups in total. The van der Waals surface area contributed by atoms with Gasteiger partial charge < -0.3 is 14.6 Å². The van der Waals surface area contributed by atoms with Crippen molar-refractivity contribution >= 4 is 0 Å². The second-order valence-corrected chi connectivity index (χ2v) is 7.06. The molecule has 2 atom stereocenters. The third kappa shape index (κ3) is 3.46. The Hall–Kier alpha value is -1.79. The monoisotopic (exact) mass is 348 g/mol. The van der Waals surface area contributed by atoms with Gasteiger partial charge in [0.2, 0.25) is 0 Å². The Kier molecular flexibility index (Phi) is 4.56. The van der Waals surface area contributed by atoms with Crippen molar-refractivity contribution in [1.82, 2.24) is 10.5 Å². The van der Waals surface area contributed by atoms with Gasteiger partial charge in [-0.1, -0.05) is 11.2 Å². The number of benzene rings is 1. The molecular weight excluding hydrogens is 326 g/mol. The maximum absolute atomic E-state index is 14.2. The molecule has 4 rings (SSSR count). The van der Waals surface area contributed by atoms with Crippen LogP contribution in [-0.2, 0) is 11.3 Å². The molecule has 0 amide bonds. The lowest BCUT2D eigenvalue weighted by Crippen LogP contribution is -2.39. The van der Waals surface area contributed by atoms with Crippen LogP contribution in [0.2, 0.25) is 0 Å². The average Bonchev–Trinajstić information content (AvgIpc) is 3.34. The van der Waals surface area contributed by atoms with Crippen molar-refractivity contribution in [2.45, 2.75) is 57.3 Å². The van der Waals surface area contributed by atoms with E-state index in [1.54, 1.807) is 0 Å². The molecule has 25 heavy (non-hydrogen) atoms. The highest BCUT2D eigenvalue weighted by atomic mass is 19.1. The summed E-state index contributed by atoms with van der Waals surface area (Å²) >= 11 is 0. The van der Waals surface area contributed by atoms with Crippen molar-refractivity contribution in [3.63, 3.8) is 0 Å². The fourth-order valence-corrected chi connectivity index (χ4v) is 3.49. The molecule has 1 saturated heterocycles. The van der Waals surface area contributed by atoms with E-state index in [9.17, 15) is 8.78 Å². The van der Waals surface area contributed by atoms with Crippen molar-refractivity contribution in [3.8, 4) is 11.3 Å². The molecule has 2 aromatic rings. The minimum Gasteiger partial charge on any atom is -0.373 e. The topological polar surface area (TPSA) is 47.3 Å². The third-order valence-electron chi connectivity index (χ3n) is 5.01. The van der Waals surface area contributed by atoms with Gasteiger partial charge in [-0.05, 0) is 51.3 Å². The van der Waals surface area contributed by atoms with Crippen LogP contribution < -0.4 is 5.32 Å². The van der Waals surface area contributed by atoms with Gasteiger partial charge in [-0.15, -0.1) is 0 Å². The molecule has 0 bridgehead atoms. The van der Waals surface area contributed by atoms with Gasteiger partial charge in [0.05, 0.1) is 18.3 Å². The van der Waals surface area contributed by atoms with Crippen LogP contribution in [-0.4, -0.2) is 23.8 Å². The fraction of sp³-hybridized carbons (Fsp3) is 0.526. The highest BCUT2D eigenvalue weighted by molar-refractivity contribution is 5.65. The Morgan fingerprint density at radius 2 is 2.00 bits per heavy atom. The molecule has 2 fully saturated rings. The summed E-state index contributed by atoms with van der Waals surface area (Å²) in [6.07, 6.45) is 4.03. The average molecular weight is 348 g/mol. The maximum atomic E-state index is 14.2. The van der Waals surface area contributed by atoms with Crippen LogP contribution in [0.25, 0.3) is 11.3 Å². The Balaban J connectivity index is 1.62. The maximum Gasteiger partial charge on any atom is 0.145 e. The second-order valence-electron chi connectivity index (χ2n) is 7.06. The van der Waals surface area contributed by atoms with Crippen molar-refractivity contribution in [2.24, 2.45) is 0 Å². The first-order chi connectivity index (χ1) is 12.1. The zero-order chi connectivity index (χ0) is 17.4. The highest BCUT2D eigenvalue weighted by Gasteiger charge is 2.34. The smallest absolute Gasteiger partial charge is 0.145 e.